The average molecular weight is 226 g/mol. The van der Waals surface area contributed by atoms with Crippen LogP contribution in [0.3, 0.4) is 0 Å². The maximum absolute atomic E-state index is 11.5. The molecule has 0 aliphatic heterocycles. The van der Waals surface area contributed by atoms with Gasteiger partial charge >= 0.3 is 0 Å². The van der Waals surface area contributed by atoms with E-state index in [4.69, 9.17) is 16.3 Å². The molecule has 80 valence electrons. The van der Waals surface area contributed by atoms with Gasteiger partial charge in [0.15, 0.2) is 0 Å². The molecule has 0 radical (unpaired) electrons. The van der Waals surface area contributed by atoms with Crippen LogP contribution in [0, 0.1) is 5.92 Å². The summed E-state index contributed by atoms with van der Waals surface area (Å²) >= 11 is 5.93. The van der Waals surface area contributed by atoms with Gasteiger partial charge in [0.1, 0.15) is 5.75 Å². The normalized spacial score (nSPS) is 14.8. The lowest BCUT2D eigenvalue weighted by molar-refractivity contribution is -0.117. The molecule has 1 aromatic carbocycles. The van der Waals surface area contributed by atoms with Crippen LogP contribution in [0.15, 0.2) is 18.2 Å². The Morgan fingerprint density at radius 3 is 2.80 bits per heavy atom. The highest BCUT2D eigenvalue weighted by atomic mass is 35.5. The number of anilines is 1. The molecule has 15 heavy (non-hydrogen) atoms. The van der Waals surface area contributed by atoms with Gasteiger partial charge in [0.05, 0.1) is 12.1 Å². The fourth-order valence-corrected chi connectivity index (χ4v) is 1.59. The number of nitrogens with one attached hydrogen (secondary N) is 1. The number of carbonyl (C=O) groups is 1. The molecule has 1 fully saturated rings. The van der Waals surface area contributed by atoms with Gasteiger partial charge in [-0.05, 0) is 31.0 Å². The predicted octanol–water partition coefficient (Wildman–Crippen LogP) is 2.70. The number of halogens is 1. The minimum atomic E-state index is 0.0798. The molecule has 2 rings (SSSR count). The highest BCUT2D eigenvalue weighted by Gasteiger charge is 2.29. The lowest BCUT2D eigenvalue weighted by Crippen LogP contribution is -2.13. The molecule has 0 atom stereocenters. The summed E-state index contributed by atoms with van der Waals surface area (Å²) in [7, 11) is 1.56. The Kier molecular flexibility index (Phi) is 2.82. The van der Waals surface area contributed by atoms with Crippen LogP contribution in [-0.2, 0) is 4.79 Å². The minimum absolute atomic E-state index is 0.0798. The largest absolute Gasteiger partial charge is 0.495 e. The maximum Gasteiger partial charge on any atom is 0.227 e. The highest BCUT2D eigenvalue weighted by Crippen LogP contribution is 2.31. The van der Waals surface area contributed by atoms with E-state index < -0.39 is 0 Å². The molecular weight excluding hydrogens is 214 g/mol. The molecule has 0 spiro atoms. The average Bonchev–Trinajstić information content (AvgIpc) is 3.01. The summed E-state index contributed by atoms with van der Waals surface area (Å²) in [4.78, 5) is 11.5. The zero-order valence-corrected chi connectivity index (χ0v) is 9.17. The molecule has 3 nitrogen and oxygen atoms in total. The van der Waals surface area contributed by atoms with Crippen molar-refractivity contribution in [3.8, 4) is 5.75 Å². The summed E-state index contributed by atoms with van der Waals surface area (Å²) in [6.07, 6.45) is 1.99. The molecular formula is C11H12ClNO2. The van der Waals surface area contributed by atoms with Crippen LogP contribution in [0.5, 0.6) is 5.75 Å². The molecule has 0 heterocycles. The van der Waals surface area contributed by atoms with Crippen molar-refractivity contribution in [2.45, 2.75) is 12.8 Å². The van der Waals surface area contributed by atoms with Gasteiger partial charge in [0.25, 0.3) is 0 Å². The van der Waals surface area contributed by atoms with E-state index >= 15 is 0 Å². The van der Waals surface area contributed by atoms with E-state index in [0.29, 0.717) is 10.8 Å². The second-order valence-corrected chi connectivity index (χ2v) is 4.02. The van der Waals surface area contributed by atoms with Crippen molar-refractivity contribution in [3.63, 3.8) is 0 Å². The Labute approximate surface area is 93.4 Å². The smallest absolute Gasteiger partial charge is 0.227 e. The van der Waals surface area contributed by atoms with E-state index in [2.05, 4.69) is 5.32 Å². The quantitative estimate of drug-likeness (QED) is 0.859. The van der Waals surface area contributed by atoms with Crippen LogP contribution in [0.1, 0.15) is 12.8 Å². The van der Waals surface area contributed by atoms with Crippen molar-refractivity contribution in [1.82, 2.24) is 0 Å². The molecule has 0 bridgehead atoms. The molecule has 1 aliphatic rings. The number of ether oxygens (including phenoxy) is 1. The number of hydrogen-bond acceptors (Lipinski definition) is 2. The zero-order chi connectivity index (χ0) is 10.8. The van der Waals surface area contributed by atoms with Crippen molar-refractivity contribution >= 4 is 23.2 Å². The lowest BCUT2D eigenvalue weighted by Gasteiger charge is -2.07. The van der Waals surface area contributed by atoms with E-state index in [1.54, 1.807) is 25.3 Å². The third-order valence-electron chi connectivity index (χ3n) is 2.37. The lowest BCUT2D eigenvalue weighted by atomic mass is 10.3. The fraction of sp³-hybridized carbons (Fsp3) is 0.364. The predicted molar refractivity (Wildman–Crippen MR) is 59.4 cm³/mol. The molecule has 1 saturated carbocycles. The first kappa shape index (κ1) is 10.3. The number of rotatable bonds is 3. The molecule has 1 amide bonds. The first-order valence-corrected chi connectivity index (χ1v) is 5.23. The van der Waals surface area contributed by atoms with Crippen LogP contribution in [0.25, 0.3) is 0 Å². The van der Waals surface area contributed by atoms with Gasteiger partial charge in [-0.15, -0.1) is 0 Å². The van der Waals surface area contributed by atoms with Gasteiger partial charge in [-0.3, -0.25) is 4.79 Å². The van der Waals surface area contributed by atoms with Gasteiger partial charge in [0, 0.05) is 11.6 Å². The molecule has 4 heteroatoms. The zero-order valence-electron chi connectivity index (χ0n) is 8.42. The van der Waals surface area contributed by atoms with E-state index in [0.717, 1.165) is 18.5 Å². The van der Waals surface area contributed by atoms with Gasteiger partial charge in [-0.2, -0.15) is 0 Å². The monoisotopic (exact) mass is 225 g/mol. The fourth-order valence-electron chi connectivity index (χ4n) is 1.33. The van der Waals surface area contributed by atoms with Gasteiger partial charge in [0.2, 0.25) is 5.91 Å². The van der Waals surface area contributed by atoms with Crippen LogP contribution >= 0.6 is 11.6 Å². The standard InChI is InChI=1S/C11H12ClNO2/c1-15-10-5-4-8(6-9(10)12)13-11(14)7-2-3-7/h4-7H,2-3H2,1H3,(H,13,14). The maximum atomic E-state index is 11.5. The number of hydrogen-bond donors (Lipinski definition) is 1. The van der Waals surface area contributed by atoms with Gasteiger partial charge in [-0.25, -0.2) is 0 Å². The van der Waals surface area contributed by atoms with Crippen molar-refractivity contribution in [2.24, 2.45) is 5.92 Å². The SMILES string of the molecule is COc1ccc(NC(=O)C2CC2)cc1Cl. The van der Waals surface area contributed by atoms with E-state index in [1.807, 2.05) is 0 Å². The summed E-state index contributed by atoms with van der Waals surface area (Å²) < 4.78 is 5.02. The molecule has 0 aromatic heterocycles. The van der Waals surface area contributed by atoms with E-state index in [9.17, 15) is 4.79 Å². The Bertz CT molecular complexity index is 388. The van der Waals surface area contributed by atoms with Crippen LogP contribution in [-0.4, -0.2) is 13.0 Å². The molecule has 0 saturated heterocycles. The van der Waals surface area contributed by atoms with E-state index in [-0.39, 0.29) is 11.8 Å². The summed E-state index contributed by atoms with van der Waals surface area (Å²) in [6.45, 7) is 0. The second-order valence-electron chi connectivity index (χ2n) is 3.61. The van der Waals surface area contributed by atoms with Crippen LogP contribution < -0.4 is 10.1 Å². The number of methoxy groups -OCH3 is 1. The summed E-state index contributed by atoms with van der Waals surface area (Å²) in [5.41, 5.74) is 0.720. The topological polar surface area (TPSA) is 38.3 Å². The molecule has 1 aromatic rings. The van der Waals surface area contributed by atoms with Crippen molar-refractivity contribution in [2.75, 3.05) is 12.4 Å². The third kappa shape index (κ3) is 2.42. The molecule has 1 N–H and O–H groups in total. The Morgan fingerprint density at radius 1 is 1.53 bits per heavy atom. The molecule has 1 aliphatic carbocycles. The van der Waals surface area contributed by atoms with Crippen molar-refractivity contribution < 1.29 is 9.53 Å². The Morgan fingerprint density at radius 2 is 2.27 bits per heavy atom. The summed E-state index contributed by atoms with van der Waals surface area (Å²) in [5, 5.41) is 3.32. The van der Waals surface area contributed by atoms with Crippen LogP contribution in [0.4, 0.5) is 5.69 Å². The first-order chi connectivity index (χ1) is 7.20. The summed E-state index contributed by atoms with van der Waals surface area (Å²) in [5.74, 6) is 0.892. The van der Waals surface area contributed by atoms with Crippen LogP contribution in [0.2, 0.25) is 5.02 Å². The number of benzene rings is 1. The second kappa shape index (κ2) is 4.11. The van der Waals surface area contributed by atoms with Crippen molar-refractivity contribution in [1.29, 1.82) is 0 Å². The Hall–Kier alpha value is -1.22. The van der Waals surface area contributed by atoms with Gasteiger partial charge in [-0.1, -0.05) is 11.6 Å². The van der Waals surface area contributed by atoms with Crippen molar-refractivity contribution in [3.05, 3.63) is 23.2 Å². The first-order valence-electron chi connectivity index (χ1n) is 4.85. The Balaban J connectivity index is 2.08. The number of amides is 1. The number of carbonyl (C=O) groups excluding carboxylic acids is 1. The third-order valence-corrected chi connectivity index (χ3v) is 2.66. The summed E-state index contributed by atoms with van der Waals surface area (Å²) in [6, 6.07) is 5.22. The highest BCUT2D eigenvalue weighted by molar-refractivity contribution is 6.32. The molecule has 0 unspecified atom stereocenters. The van der Waals surface area contributed by atoms with Gasteiger partial charge < -0.3 is 10.1 Å². The minimum Gasteiger partial charge on any atom is -0.495 e. The van der Waals surface area contributed by atoms with E-state index in [1.165, 1.54) is 0 Å².